The molecular formula is C13H28N2O. The highest BCUT2D eigenvalue weighted by molar-refractivity contribution is 5.78. The van der Waals surface area contributed by atoms with Crippen LogP contribution in [0.25, 0.3) is 0 Å². The zero-order valence-electron chi connectivity index (χ0n) is 11.5. The third kappa shape index (κ3) is 4.97. The maximum absolute atomic E-state index is 12.0. The molecule has 0 aromatic rings. The van der Waals surface area contributed by atoms with Crippen LogP contribution in [0.1, 0.15) is 53.9 Å². The van der Waals surface area contributed by atoms with Gasteiger partial charge in [0, 0.05) is 12.0 Å². The predicted molar refractivity (Wildman–Crippen MR) is 69.1 cm³/mol. The van der Waals surface area contributed by atoms with E-state index >= 15 is 0 Å². The van der Waals surface area contributed by atoms with Crippen LogP contribution < -0.4 is 11.1 Å². The molecule has 3 heteroatoms. The van der Waals surface area contributed by atoms with Crippen molar-refractivity contribution in [2.75, 3.05) is 6.54 Å². The Hall–Kier alpha value is -0.570. The lowest BCUT2D eigenvalue weighted by atomic mass is 9.84. The van der Waals surface area contributed by atoms with Crippen LogP contribution >= 0.6 is 0 Å². The molecule has 1 amide bonds. The topological polar surface area (TPSA) is 55.1 Å². The van der Waals surface area contributed by atoms with Crippen LogP contribution in [0.5, 0.6) is 0 Å². The highest BCUT2D eigenvalue weighted by atomic mass is 16.1. The van der Waals surface area contributed by atoms with Crippen molar-refractivity contribution < 1.29 is 4.79 Å². The first-order valence-electron chi connectivity index (χ1n) is 6.37. The van der Waals surface area contributed by atoms with E-state index in [2.05, 4.69) is 39.9 Å². The second-order valence-electron chi connectivity index (χ2n) is 5.52. The molecule has 1 unspecified atom stereocenters. The number of rotatable bonds is 6. The second-order valence-corrected chi connectivity index (χ2v) is 5.52. The number of hydrogen-bond donors (Lipinski definition) is 2. The highest BCUT2D eigenvalue weighted by Gasteiger charge is 2.27. The SMILES string of the molecule is CCC(CC)C(=O)NC(CCN)C(C)(C)C. The molecule has 3 N–H and O–H groups in total. The standard InChI is InChI=1S/C13H28N2O/c1-6-10(7-2)12(16)15-11(8-9-14)13(3,4)5/h10-11H,6-9,14H2,1-5H3,(H,15,16). The second kappa shape index (κ2) is 6.89. The first-order valence-corrected chi connectivity index (χ1v) is 6.37. The summed E-state index contributed by atoms with van der Waals surface area (Å²) in [6, 6.07) is 0.172. The van der Waals surface area contributed by atoms with E-state index in [4.69, 9.17) is 5.73 Å². The summed E-state index contributed by atoms with van der Waals surface area (Å²) in [6.45, 7) is 11.2. The summed E-state index contributed by atoms with van der Waals surface area (Å²) in [5, 5.41) is 3.14. The number of nitrogens with one attached hydrogen (secondary N) is 1. The van der Waals surface area contributed by atoms with Gasteiger partial charge in [0.2, 0.25) is 5.91 Å². The molecule has 0 rings (SSSR count). The van der Waals surface area contributed by atoms with Crippen molar-refractivity contribution >= 4 is 5.91 Å². The third-order valence-corrected chi connectivity index (χ3v) is 3.17. The minimum Gasteiger partial charge on any atom is -0.353 e. The lowest BCUT2D eigenvalue weighted by molar-refractivity contribution is -0.126. The Balaban J connectivity index is 4.45. The van der Waals surface area contributed by atoms with Gasteiger partial charge in [0.05, 0.1) is 0 Å². The third-order valence-electron chi connectivity index (χ3n) is 3.17. The Kier molecular flexibility index (Phi) is 6.65. The van der Waals surface area contributed by atoms with Crippen LogP contribution in [0, 0.1) is 11.3 Å². The molecule has 0 aliphatic carbocycles. The number of carbonyl (C=O) groups is 1. The summed E-state index contributed by atoms with van der Waals surface area (Å²) in [6.07, 6.45) is 2.65. The predicted octanol–water partition coefficient (Wildman–Crippen LogP) is 2.30. The van der Waals surface area contributed by atoms with Gasteiger partial charge >= 0.3 is 0 Å². The molecule has 0 aromatic carbocycles. The minimum absolute atomic E-state index is 0.0705. The van der Waals surface area contributed by atoms with Crippen LogP contribution in [-0.2, 0) is 4.79 Å². The van der Waals surface area contributed by atoms with E-state index in [0.29, 0.717) is 6.54 Å². The van der Waals surface area contributed by atoms with E-state index in [9.17, 15) is 4.79 Å². The summed E-state index contributed by atoms with van der Waals surface area (Å²) < 4.78 is 0. The zero-order chi connectivity index (χ0) is 12.8. The Morgan fingerprint density at radius 3 is 2.06 bits per heavy atom. The average Bonchev–Trinajstić information content (AvgIpc) is 2.17. The Bertz CT molecular complexity index is 204. The molecule has 0 aliphatic rings. The van der Waals surface area contributed by atoms with Crippen LogP contribution in [-0.4, -0.2) is 18.5 Å². The molecule has 16 heavy (non-hydrogen) atoms. The lowest BCUT2D eigenvalue weighted by Crippen LogP contribution is -2.46. The van der Waals surface area contributed by atoms with Crippen molar-refractivity contribution in [2.45, 2.75) is 59.9 Å². The fourth-order valence-electron chi connectivity index (χ4n) is 1.84. The number of carbonyl (C=O) groups excluding carboxylic acids is 1. The van der Waals surface area contributed by atoms with E-state index in [1.165, 1.54) is 0 Å². The quantitative estimate of drug-likeness (QED) is 0.733. The van der Waals surface area contributed by atoms with Crippen LogP contribution in [0.15, 0.2) is 0 Å². The average molecular weight is 228 g/mol. The first kappa shape index (κ1) is 15.4. The van der Waals surface area contributed by atoms with Crippen molar-refractivity contribution in [3.63, 3.8) is 0 Å². The van der Waals surface area contributed by atoms with Gasteiger partial charge in [-0.3, -0.25) is 4.79 Å². The first-order chi connectivity index (χ1) is 7.36. The number of nitrogens with two attached hydrogens (primary N) is 1. The molecule has 0 bridgehead atoms. The monoisotopic (exact) mass is 228 g/mol. The van der Waals surface area contributed by atoms with Gasteiger partial charge in [0.1, 0.15) is 0 Å². The fraction of sp³-hybridized carbons (Fsp3) is 0.923. The molecule has 0 radical (unpaired) electrons. The zero-order valence-corrected chi connectivity index (χ0v) is 11.5. The molecule has 96 valence electrons. The van der Waals surface area contributed by atoms with E-state index in [0.717, 1.165) is 19.3 Å². The smallest absolute Gasteiger partial charge is 0.223 e. The molecule has 0 heterocycles. The van der Waals surface area contributed by atoms with Crippen LogP contribution in [0.4, 0.5) is 0 Å². The normalized spacial score (nSPS) is 13.9. The van der Waals surface area contributed by atoms with Gasteiger partial charge in [-0.2, -0.15) is 0 Å². The molecular weight excluding hydrogens is 200 g/mol. The summed E-state index contributed by atoms with van der Waals surface area (Å²) >= 11 is 0. The molecule has 0 fully saturated rings. The van der Waals surface area contributed by atoms with E-state index in [1.54, 1.807) is 0 Å². The largest absolute Gasteiger partial charge is 0.353 e. The van der Waals surface area contributed by atoms with Gasteiger partial charge in [0.25, 0.3) is 0 Å². The summed E-state index contributed by atoms with van der Waals surface area (Å²) in [5.41, 5.74) is 5.66. The van der Waals surface area contributed by atoms with Crippen LogP contribution in [0.2, 0.25) is 0 Å². The van der Waals surface area contributed by atoms with Gasteiger partial charge in [-0.25, -0.2) is 0 Å². The molecule has 0 saturated carbocycles. The lowest BCUT2D eigenvalue weighted by Gasteiger charge is -2.32. The fourth-order valence-corrected chi connectivity index (χ4v) is 1.84. The Morgan fingerprint density at radius 1 is 1.25 bits per heavy atom. The van der Waals surface area contributed by atoms with Gasteiger partial charge in [-0.1, -0.05) is 34.6 Å². The van der Waals surface area contributed by atoms with Gasteiger partial charge in [0.15, 0.2) is 0 Å². The van der Waals surface area contributed by atoms with Crippen LogP contribution in [0.3, 0.4) is 0 Å². The Labute approximate surface area is 100 Å². The van der Waals surface area contributed by atoms with E-state index < -0.39 is 0 Å². The van der Waals surface area contributed by atoms with Crippen molar-refractivity contribution in [2.24, 2.45) is 17.1 Å². The number of amides is 1. The molecule has 3 nitrogen and oxygen atoms in total. The van der Waals surface area contributed by atoms with Crippen molar-refractivity contribution in [3.05, 3.63) is 0 Å². The molecule has 0 aromatic heterocycles. The maximum atomic E-state index is 12.0. The Morgan fingerprint density at radius 2 is 1.75 bits per heavy atom. The van der Waals surface area contributed by atoms with Crippen molar-refractivity contribution in [3.8, 4) is 0 Å². The summed E-state index contributed by atoms with van der Waals surface area (Å²) in [4.78, 5) is 12.0. The molecule has 0 aliphatic heterocycles. The summed E-state index contributed by atoms with van der Waals surface area (Å²) in [7, 11) is 0. The molecule has 1 atom stereocenters. The van der Waals surface area contributed by atoms with Gasteiger partial charge < -0.3 is 11.1 Å². The van der Waals surface area contributed by atoms with Gasteiger partial charge in [-0.15, -0.1) is 0 Å². The maximum Gasteiger partial charge on any atom is 0.223 e. The van der Waals surface area contributed by atoms with Crippen molar-refractivity contribution in [1.29, 1.82) is 0 Å². The molecule has 0 spiro atoms. The van der Waals surface area contributed by atoms with Crippen molar-refractivity contribution in [1.82, 2.24) is 5.32 Å². The van der Waals surface area contributed by atoms with Gasteiger partial charge in [-0.05, 0) is 31.2 Å². The highest BCUT2D eigenvalue weighted by Crippen LogP contribution is 2.22. The van der Waals surface area contributed by atoms with E-state index in [1.807, 2.05) is 0 Å². The van der Waals surface area contributed by atoms with E-state index in [-0.39, 0.29) is 23.3 Å². The number of hydrogen-bond acceptors (Lipinski definition) is 2. The summed E-state index contributed by atoms with van der Waals surface area (Å²) in [5.74, 6) is 0.320. The minimum atomic E-state index is 0.0705. The molecule has 0 saturated heterocycles.